The van der Waals surface area contributed by atoms with Gasteiger partial charge in [0.05, 0.1) is 20.8 Å². The Labute approximate surface area is 124 Å². The van der Waals surface area contributed by atoms with Crippen LogP contribution in [0.5, 0.6) is 11.5 Å². The van der Waals surface area contributed by atoms with Gasteiger partial charge >= 0.3 is 0 Å². The summed E-state index contributed by atoms with van der Waals surface area (Å²) in [7, 11) is 3.31. The van der Waals surface area contributed by atoms with Crippen LogP contribution in [0.1, 0.15) is 23.5 Å². The molecule has 2 atom stereocenters. The molecule has 4 nitrogen and oxygen atoms in total. The van der Waals surface area contributed by atoms with E-state index in [1.807, 2.05) is 48.5 Å². The molecular formula is C17H18O4. The van der Waals surface area contributed by atoms with Crippen molar-refractivity contribution in [2.45, 2.75) is 12.4 Å². The van der Waals surface area contributed by atoms with Gasteiger partial charge in [-0.05, 0) is 29.8 Å². The summed E-state index contributed by atoms with van der Waals surface area (Å²) in [5, 5.41) is 0. The fraction of sp³-hybridized carbons (Fsp3) is 0.294. The van der Waals surface area contributed by atoms with Gasteiger partial charge in [-0.1, -0.05) is 24.3 Å². The van der Waals surface area contributed by atoms with E-state index in [1.54, 1.807) is 14.2 Å². The van der Waals surface area contributed by atoms with Crippen molar-refractivity contribution in [2.24, 2.45) is 0 Å². The summed E-state index contributed by atoms with van der Waals surface area (Å²) in [6.07, 6.45) is -0.383. The van der Waals surface area contributed by atoms with E-state index in [1.165, 1.54) is 0 Å². The Balaban J connectivity index is 1.68. The van der Waals surface area contributed by atoms with E-state index in [0.717, 1.165) is 22.6 Å². The van der Waals surface area contributed by atoms with Crippen LogP contribution in [0.4, 0.5) is 0 Å². The lowest BCUT2D eigenvalue weighted by Gasteiger charge is -2.12. The molecule has 0 aromatic heterocycles. The van der Waals surface area contributed by atoms with E-state index < -0.39 is 0 Å². The molecule has 0 amide bonds. The molecule has 0 radical (unpaired) electrons. The first-order valence-corrected chi connectivity index (χ1v) is 6.85. The van der Waals surface area contributed by atoms with Crippen LogP contribution in [0.25, 0.3) is 0 Å². The monoisotopic (exact) mass is 286 g/mol. The van der Waals surface area contributed by atoms with Crippen LogP contribution in [-0.2, 0) is 9.47 Å². The fourth-order valence-electron chi connectivity index (χ4n) is 2.33. The minimum atomic E-state index is -0.331. The van der Waals surface area contributed by atoms with Crippen molar-refractivity contribution in [2.75, 3.05) is 20.8 Å². The van der Waals surface area contributed by atoms with Gasteiger partial charge in [0.2, 0.25) is 0 Å². The molecule has 1 saturated heterocycles. The Hall–Kier alpha value is -2.04. The molecule has 0 saturated carbocycles. The van der Waals surface area contributed by atoms with Crippen LogP contribution < -0.4 is 9.47 Å². The van der Waals surface area contributed by atoms with Crippen molar-refractivity contribution in [3.05, 3.63) is 59.7 Å². The van der Waals surface area contributed by atoms with Crippen LogP contribution in [0.15, 0.2) is 48.5 Å². The molecule has 1 aliphatic heterocycles. The lowest BCUT2D eigenvalue weighted by Crippen LogP contribution is -2.01. The summed E-state index contributed by atoms with van der Waals surface area (Å²) >= 11 is 0. The molecule has 110 valence electrons. The average molecular weight is 286 g/mol. The molecule has 2 aromatic carbocycles. The van der Waals surface area contributed by atoms with Gasteiger partial charge in [0.25, 0.3) is 0 Å². The highest BCUT2D eigenvalue weighted by atomic mass is 16.7. The molecule has 3 rings (SSSR count). The lowest BCUT2D eigenvalue weighted by molar-refractivity contribution is -0.0607. The maximum Gasteiger partial charge on any atom is 0.184 e. The third-order valence-corrected chi connectivity index (χ3v) is 3.56. The predicted molar refractivity (Wildman–Crippen MR) is 78.5 cm³/mol. The molecule has 1 aliphatic rings. The minimum absolute atomic E-state index is 0.0528. The maximum atomic E-state index is 5.98. The average Bonchev–Trinajstić information content (AvgIpc) is 3.05. The highest BCUT2D eigenvalue weighted by Gasteiger charge is 2.28. The summed E-state index contributed by atoms with van der Waals surface area (Å²) in [5.74, 6) is 1.66. The van der Waals surface area contributed by atoms with Crippen molar-refractivity contribution >= 4 is 0 Å². The number of methoxy groups -OCH3 is 2. The van der Waals surface area contributed by atoms with E-state index in [2.05, 4.69) is 0 Å². The van der Waals surface area contributed by atoms with Gasteiger partial charge in [0.1, 0.15) is 17.6 Å². The Morgan fingerprint density at radius 1 is 0.810 bits per heavy atom. The van der Waals surface area contributed by atoms with Gasteiger partial charge in [-0.2, -0.15) is 0 Å². The lowest BCUT2D eigenvalue weighted by atomic mass is 10.1. The smallest absolute Gasteiger partial charge is 0.184 e. The molecule has 4 heteroatoms. The summed E-state index contributed by atoms with van der Waals surface area (Å²) in [6.45, 7) is 0.545. The van der Waals surface area contributed by atoms with E-state index in [4.69, 9.17) is 18.9 Å². The third-order valence-electron chi connectivity index (χ3n) is 3.56. The van der Waals surface area contributed by atoms with E-state index in [9.17, 15) is 0 Å². The summed E-state index contributed by atoms with van der Waals surface area (Å²) < 4.78 is 22.0. The van der Waals surface area contributed by atoms with Crippen molar-refractivity contribution in [1.82, 2.24) is 0 Å². The Kier molecular flexibility index (Phi) is 4.08. The molecule has 21 heavy (non-hydrogen) atoms. The number of hydrogen-bond acceptors (Lipinski definition) is 4. The fourth-order valence-corrected chi connectivity index (χ4v) is 2.33. The molecule has 1 heterocycles. The molecule has 0 unspecified atom stereocenters. The number of hydrogen-bond donors (Lipinski definition) is 0. The largest absolute Gasteiger partial charge is 0.497 e. The highest BCUT2D eigenvalue weighted by Crippen LogP contribution is 2.35. The molecule has 0 bridgehead atoms. The zero-order valence-corrected chi connectivity index (χ0v) is 12.1. The summed E-state index contributed by atoms with van der Waals surface area (Å²) in [5.41, 5.74) is 2.08. The normalized spacial score (nSPS) is 21.2. The Morgan fingerprint density at radius 3 is 1.86 bits per heavy atom. The highest BCUT2D eigenvalue weighted by molar-refractivity contribution is 5.30. The number of rotatable bonds is 4. The molecule has 2 aromatic rings. The Morgan fingerprint density at radius 2 is 1.33 bits per heavy atom. The topological polar surface area (TPSA) is 36.9 Å². The molecular weight excluding hydrogens is 268 g/mol. The Bertz CT molecular complexity index is 523. The first kappa shape index (κ1) is 13.9. The first-order chi connectivity index (χ1) is 10.3. The molecule has 1 fully saturated rings. The second-order valence-corrected chi connectivity index (χ2v) is 4.84. The van der Waals surface area contributed by atoms with Gasteiger partial charge < -0.3 is 18.9 Å². The van der Waals surface area contributed by atoms with E-state index >= 15 is 0 Å². The minimum Gasteiger partial charge on any atom is -0.497 e. The summed E-state index contributed by atoms with van der Waals surface area (Å²) in [4.78, 5) is 0. The van der Waals surface area contributed by atoms with Crippen LogP contribution in [-0.4, -0.2) is 20.8 Å². The van der Waals surface area contributed by atoms with Crippen LogP contribution in [0.3, 0.4) is 0 Å². The second-order valence-electron chi connectivity index (χ2n) is 4.84. The van der Waals surface area contributed by atoms with Crippen LogP contribution in [0, 0.1) is 0 Å². The van der Waals surface area contributed by atoms with Gasteiger partial charge in [-0.3, -0.25) is 0 Å². The van der Waals surface area contributed by atoms with Gasteiger partial charge in [0.15, 0.2) is 6.29 Å². The molecule has 0 aliphatic carbocycles. The molecule has 0 N–H and O–H groups in total. The summed E-state index contributed by atoms with van der Waals surface area (Å²) in [6, 6.07) is 15.6. The third kappa shape index (κ3) is 3.01. The van der Waals surface area contributed by atoms with Gasteiger partial charge in [-0.25, -0.2) is 0 Å². The van der Waals surface area contributed by atoms with Crippen LogP contribution in [0.2, 0.25) is 0 Å². The standard InChI is InChI=1S/C17H18O4/c1-18-14-7-3-12(4-8-14)16-11-20-17(21-16)13-5-9-15(19-2)10-6-13/h3-10,16-17H,11H2,1-2H3/t16-,17+/m1/s1. The number of ether oxygens (including phenoxy) is 4. The zero-order chi connectivity index (χ0) is 14.7. The van der Waals surface area contributed by atoms with Crippen molar-refractivity contribution in [1.29, 1.82) is 0 Å². The van der Waals surface area contributed by atoms with Crippen molar-refractivity contribution in [3.8, 4) is 11.5 Å². The van der Waals surface area contributed by atoms with Gasteiger partial charge in [0, 0.05) is 5.56 Å². The molecule has 0 spiro atoms. The quantitative estimate of drug-likeness (QED) is 0.862. The maximum absolute atomic E-state index is 5.98. The zero-order valence-electron chi connectivity index (χ0n) is 12.1. The number of benzene rings is 2. The van der Waals surface area contributed by atoms with Gasteiger partial charge in [-0.15, -0.1) is 0 Å². The van der Waals surface area contributed by atoms with Crippen molar-refractivity contribution in [3.63, 3.8) is 0 Å². The van der Waals surface area contributed by atoms with Crippen LogP contribution >= 0.6 is 0 Å². The second kappa shape index (κ2) is 6.16. The first-order valence-electron chi connectivity index (χ1n) is 6.85. The van der Waals surface area contributed by atoms with E-state index in [0.29, 0.717) is 6.61 Å². The predicted octanol–water partition coefficient (Wildman–Crippen LogP) is 3.49. The van der Waals surface area contributed by atoms with Crippen molar-refractivity contribution < 1.29 is 18.9 Å². The van der Waals surface area contributed by atoms with E-state index in [-0.39, 0.29) is 12.4 Å². The SMILES string of the molecule is COc1ccc([C@H]2OC[C@H](c3ccc(OC)cc3)O2)cc1.